The molecule has 0 bridgehead atoms. The fourth-order valence-corrected chi connectivity index (χ4v) is 1.37. The van der Waals surface area contributed by atoms with Crippen LogP contribution in [0.4, 0.5) is 0 Å². The molecule has 0 aromatic carbocycles. The molecule has 0 amide bonds. The first-order chi connectivity index (χ1) is 6.60. The standard InChI is InChI=1S/C12H22O2/c1-4-6-8-11(14)12(3,10-13)9-7-5-2/h5,13H,2,4,6-10H2,1,3H3/t12-/m1/s1. The van der Waals surface area contributed by atoms with Gasteiger partial charge < -0.3 is 5.11 Å². The molecule has 0 aliphatic rings. The Balaban J connectivity index is 4.19. The number of aliphatic hydroxyl groups is 1. The van der Waals surface area contributed by atoms with Crippen LogP contribution in [0.15, 0.2) is 12.7 Å². The summed E-state index contributed by atoms with van der Waals surface area (Å²) in [5.74, 6) is 0.184. The molecule has 0 fully saturated rings. The molecular formula is C12H22O2. The van der Waals surface area contributed by atoms with E-state index in [1.165, 1.54) is 0 Å². The first-order valence-electron chi connectivity index (χ1n) is 5.35. The number of hydrogen-bond acceptors (Lipinski definition) is 2. The largest absolute Gasteiger partial charge is 0.395 e. The highest BCUT2D eigenvalue weighted by Crippen LogP contribution is 2.26. The van der Waals surface area contributed by atoms with Crippen LogP contribution < -0.4 is 0 Å². The maximum absolute atomic E-state index is 11.8. The Hall–Kier alpha value is -0.630. The van der Waals surface area contributed by atoms with Crippen molar-refractivity contribution in [3.05, 3.63) is 12.7 Å². The minimum atomic E-state index is -0.552. The average molecular weight is 198 g/mol. The van der Waals surface area contributed by atoms with E-state index in [0.29, 0.717) is 12.8 Å². The zero-order valence-electron chi connectivity index (χ0n) is 9.38. The first-order valence-corrected chi connectivity index (χ1v) is 5.35. The van der Waals surface area contributed by atoms with E-state index in [4.69, 9.17) is 0 Å². The van der Waals surface area contributed by atoms with Crippen molar-refractivity contribution in [3.8, 4) is 0 Å². The van der Waals surface area contributed by atoms with Gasteiger partial charge in [0.05, 0.1) is 6.61 Å². The second-order valence-corrected chi connectivity index (χ2v) is 4.07. The topological polar surface area (TPSA) is 37.3 Å². The summed E-state index contributed by atoms with van der Waals surface area (Å²) >= 11 is 0. The summed E-state index contributed by atoms with van der Waals surface area (Å²) < 4.78 is 0. The molecule has 0 spiro atoms. The molecule has 0 aliphatic heterocycles. The third kappa shape index (κ3) is 4.05. The zero-order chi connectivity index (χ0) is 11.0. The van der Waals surface area contributed by atoms with Gasteiger partial charge in [-0.05, 0) is 19.3 Å². The zero-order valence-corrected chi connectivity index (χ0v) is 9.38. The van der Waals surface area contributed by atoms with E-state index in [-0.39, 0.29) is 12.4 Å². The lowest BCUT2D eigenvalue weighted by Gasteiger charge is -2.25. The van der Waals surface area contributed by atoms with E-state index >= 15 is 0 Å². The third-order valence-electron chi connectivity index (χ3n) is 2.68. The van der Waals surface area contributed by atoms with Crippen molar-refractivity contribution < 1.29 is 9.90 Å². The molecule has 0 aromatic heterocycles. The molecule has 2 nitrogen and oxygen atoms in total. The van der Waals surface area contributed by atoms with E-state index in [1.807, 2.05) is 6.92 Å². The van der Waals surface area contributed by atoms with Crippen molar-refractivity contribution in [3.63, 3.8) is 0 Å². The van der Waals surface area contributed by atoms with E-state index in [1.54, 1.807) is 6.08 Å². The van der Waals surface area contributed by atoms with Crippen LogP contribution in [0, 0.1) is 5.41 Å². The minimum absolute atomic E-state index is 0.0522. The first kappa shape index (κ1) is 13.4. The fraction of sp³-hybridized carbons (Fsp3) is 0.750. The summed E-state index contributed by atoms with van der Waals surface area (Å²) in [6.45, 7) is 7.48. The van der Waals surface area contributed by atoms with Gasteiger partial charge in [0, 0.05) is 11.8 Å². The maximum Gasteiger partial charge on any atom is 0.141 e. The highest BCUT2D eigenvalue weighted by molar-refractivity contribution is 5.84. The Morgan fingerprint density at radius 1 is 1.57 bits per heavy atom. The number of aliphatic hydroxyl groups excluding tert-OH is 1. The summed E-state index contributed by atoms with van der Waals surface area (Å²) in [5, 5.41) is 9.23. The van der Waals surface area contributed by atoms with Gasteiger partial charge in [0.15, 0.2) is 0 Å². The van der Waals surface area contributed by atoms with Crippen molar-refractivity contribution in [1.82, 2.24) is 0 Å². The van der Waals surface area contributed by atoms with E-state index in [0.717, 1.165) is 19.3 Å². The molecule has 0 saturated carbocycles. The van der Waals surface area contributed by atoms with Crippen LogP contribution in [0.3, 0.4) is 0 Å². The summed E-state index contributed by atoms with van der Waals surface area (Å²) in [6, 6.07) is 0. The molecule has 2 heteroatoms. The van der Waals surface area contributed by atoms with Gasteiger partial charge in [0.2, 0.25) is 0 Å². The number of ketones is 1. The van der Waals surface area contributed by atoms with Crippen LogP contribution >= 0.6 is 0 Å². The SMILES string of the molecule is C=CCC[C@](C)(CO)C(=O)CCCC. The lowest BCUT2D eigenvalue weighted by molar-refractivity contribution is -0.130. The van der Waals surface area contributed by atoms with Crippen LogP contribution in [0.5, 0.6) is 0 Å². The van der Waals surface area contributed by atoms with Crippen molar-refractivity contribution >= 4 is 5.78 Å². The van der Waals surface area contributed by atoms with Gasteiger partial charge in [-0.3, -0.25) is 4.79 Å². The molecule has 1 N–H and O–H groups in total. The summed E-state index contributed by atoms with van der Waals surface area (Å²) in [4.78, 5) is 11.8. The summed E-state index contributed by atoms with van der Waals surface area (Å²) in [6.07, 6.45) is 5.81. The Morgan fingerprint density at radius 2 is 2.21 bits per heavy atom. The lowest BCUT2D eigenvalue weighted by Crippen LogP contribution is -2.31. The quantitative estimate of drug-likeness (QED) is 0.609. The van der Waals surface area contributed by atoms with E-state index in [9.17, 15) is 9.90 Å². The second-order valence-electron chi connectivity index (χ2n) is 4.07. The molecule has 0 unspecified atom stereocenters. The van der Waals surface area contributed by atoms with Gasteiger partial charge in [-0.15, -0.1) is 6.58 Å². The van der Waals surface area contributed by atoms with Gasteiger partial charge in [-0.1, -0.05) is 26.3 Å². The second kappa shape index (κ2) is 6.77. The number of allylic oxidation sites excluding steroid dienone is 1. The summed E-state index contributed by atoms with van der Waals surface area (Å²) in [7, 11) is 0. The maximum atomic E-state index is 11.8. The molecule has 82 valence electrons. The molecule has 14 heavy (non-hydrogen) atoms. The molecule has 0 rings (SSSR count). The van der Waals surface area contributed by atoms with Crippen LogP contribution in [-0.4, -0.2) is 17.5 Å². The third-order valence-corrected chi connectivity index (χ3v) is 2.68. The molecule has 0 heterocycles. The van der Waals surface area contributed by atoms with Gasteiger partial charge >= 0.3 is 0 Å². The molecule has 1 atom stereocenters. The minimum Gasteiger partial charge on any atom is -0.395 e. The van der Waals surface area contributed by atoms with Crippen LogP contribution in [0.2, 0.25) is 0 Å². The number of Topliss-reactive ketones (excluding diaryl/α,β-unsaturated/α-hetero) is 1. The van der Waals surface area contributed by atoms with Crippen LogP contribution in [-0.2, 0) is 4.79 Å². The molecule has 0 aliphatic carbocycles. The van der Waals surface area contributed by atoms with Gasteiger partial charge in [0.1, 0.15) is 5.78 Å². The predicted molar refractivity (Wildman–Crippen MR) is 59.2 cm³/mol. The smallest absolute Gasteiger partial charge is 0.141 e. The molecule has 0 saturated heterocycles. The Labute approximate surface area is 87.0 Å². The molecule has 0 aromatic rings. The van der Waals surface area contributed by atoms with Crippen molar-refractivity contribution in [2.75, 3.05) is 6.61 Å². The molecular weight excluding hydrogens is 176 g/mol. The Morgan fingerprint density at radius 3 is 2.64 bits per heavy atom. The van der Waals surface area contributed by atoms with Crippen molar-refractivity contribution in [2.24, 2.45) is 5.41 Å². The summed E-state index contributed by atoms with van der Waals surface area (Å²) in [5.41, 5.74) is -0.552. The number of carbonyl (C=O) groups is 1. The Kier molecular flexibility index (Phi) is 6.46. The van der Waals surface area contributed by atoms with Crippen LogP contribution in [0.1, 0.15) is 46.0 Å². The van der Waals surface area contributed by atoms with E-state index < -0.39 is 5.41 Å². The predicted octanol–water partition coefficient (Wildman–Crippen LogP) is 2.71. The fourth-order valence-electron chi connectivity index (χ4n) is 1.37. The highest BCUT2D eigenvalue weighted by atomic mass is 16.3. The van der Waals surface area contributed by atoms with E-state index in [2.05, 4.69) is 13.5 Å². The number of hydrogen-bond donors (Lipinski definition) is 1. The number of rotatable bonds is 8. The van der Waals surface area contributed by atoms with Crippen molar-refractivity contribution in [2.45, 2.75) is 46.0 Å². The van der Waals surface area contributed by atoms with Crippen molar-refractivity contribution in [1.29, 1.82) is 0 Å². The molecule has 0 radical (unpaired) electrons. The Bertz CT molecular complexity index is 187. The monoisotopic (exact) mass is 198 g/mol. The van der Waals surface area contributed by atoms with Gasteiger partial charge in [-0.25, -0.2) is 0 Å². The van der Waals surface area contributed by atoms with Crippen LogP contribution in [0.25, 0.3) is 0 Å². The highest BCUT2D eigenvalue weighted by Gasteiger charge is 2.30. The normalized spacial score (nSPS) is 14.8. The number of carbonyl (C=O) groups excluding carboxylic acids is 1. The van der Waals surface area contributed by atoms with Gasteiger partial charge in [-0.2, -0.15) is 0 Å². The average Bonchev–Trinajstić information content (AvgIpc) is 2.22. The lowest BCUT2D eigenvalue weighted by atomic mass is 9.80. The van der Waals surface area contributed by atoms with Gasteiger partial charge in [0.25, 0.3) is 0 Å². The number of unbranched alkanes of at least 4 members (excludes halogenated alkanes) is 1.